The van der Waals surface area contributed by atoms with Crippen molar-refractivity contribution in [3.05, 3.63) is 76.7 Å². The second-order valence-electron chi connectivity index (χ2n) is 4.88. The van der Waals surface area contributed by atoms with Crippen LogP contribution in [0.5, 0.6) is 0 Å². The maximum Gasteiger partial charge on any atom is 0.191 e. The van der Waals surface area contributed by atoms with E-state index in [2.05, 4.69) is 5.18 Å². The third-order valence-electron chi connectivity index (χ3n) is 3.43. The molecule has 0 bridgehead atoms. The molecule has 0 aliphatic rings. The number of hydrogen-bond donors (Lipinski definition) is 0. The Kier molecular flexibility index (Phi) is 4.77. The van der Waals surface area contributed by atoms with E-state index in [1.807, 2.05) is 67.6 Å². The highest BCUT2D eigenvalue weighted by molar-refractivity contribution is 6.29. The number of allylic oxidation sites excluding steroid dienone is 1. The van der Waals surface area contributed by atoms with Crippen molar-refractivity contribution in [3.63, 3.8) is 0 Å². The molecule has 0 spiro atoms. The van der Waals surface area contributed by atoms with Gasteiger partial charge in [-0.25, -0.2) is 0 Å². The molecule has 3 nitrogen and oxygen atoms in total. The number of carbonyl (C=O) groups is 1. The van der Waals surface area contributed by atoms with Crippen LogP contribution in [0.3, 0.4) is 0 Å². The summed E-state index contributed by atoms with van der Waals surface area (Å²) in [4.78, 5) is 23.3. The van der Waals surface area contributed by atoms with Crippen molar-refractivity contribution in [1.82, 2.24) is 0 Å². The van der Waals surface area contributed by atoms with E-state index < -0.39 is 6.04 Å². The number of nitroso groups, excluding NO2 is 1. The van der Waals surface area contributed by atoms with Gasteiger partial charge >= 0.3 is 0 Å². The van der Waals surface area contributed by atoms with E-state index in [1.165, 1.54) is 6.92 Å². The molecule has 1 unspecified atom stereocenters. The molecular weight excluding hydrogens is 262 g/mol. The molecular formula is C18H17NO2. The van der Waals surface area contributed by atoms with Crippen LogP contribution in [0.15, 0.2) is 65.8 Å². The average Bonchev–Trinajstić information content (AvgIpc) is 2.56. The Morgan fingerprint density at radius 1 is 0.905 bits per heavy atom. The lowest BCUT2D eigenvalue weighted by molar-refractivity contribution is -0.114. The molecule has 0 aliphatic carbocycles. The predicted octanol–water partition coefficient (Wildman–Crippen LogP) is 4.34. The number of hydrogen-bond acceptors (Lipinski definition) is 3. The first kappa shape index (κ1) is 14.9. The van der Waals surface area contributed by atoms with Crippen LogP contribution in [0.25, 0.3) is 11.1 Å². The molecule has 0 amide bonds. The molecule has 2 rings (SSSR count). The van der Waals surface area contributed by atoms with Gasteiger partial charge in [0.1, 0.15) is 0 Å². The van der Waals surface area contributed by atoms with Crippen LogP contribution in [0.2, 0.25) is 0 Å². The van der Waals surface area contributed by atoms with Crippen LogP contribution >= 0.6 is 0 Å². The molecule has 1 atom stereocenters. The molecule has 3 heteroatoms. The van der Waals surface area contributed by atoms with Crippen LogP contribution in [-0.2, 0) is 4.79 Å². The molecule has 2 aromatic rings. The first-order valence-electron chi connectivity index (χ1n) is 6.83. The van der Waals surface area contributed by atoms with Gasteiger partial charge in [0.2, 0.25) is 0 Å². The fraction of sp³-hybridized carbons (Fsp3) is 0.167. The molecule has 0 saturated carbocycles. The molecule has 0 N–H and O–H groups in total. The highest BCUT2D eigenvalue weighted by atomic mass is 16.3. The monoisotopic (exact) mass is 279 g/mol. The zero-order valence-electron chi connectivity index (χ0n) is 12.1. The SMILES string of the molecule is C/C(=C(\C(=O)C(C)N=O)c1ccccc1)c1ccccc1. The Hall–Kier alpha value is -2.55. The van der Waals surface area contributed by atoms with Gasteiger partial charge in [-0.3, -0.25) is 4.79 Å². The van der Waals surface area contributed by atoms with Crippen molar-refractivity contribution in [3.8, 4) is 0 Å². The summed E-state index contributed by atoms with van der Waals surface area (Å²) in [5, 5.41) is 2.88. The normalized spacial score (nSPS) is 13.2. The molecule has 0 fully saturated rings. The number of ketones is 1. The maximum absolute atomic E-state index is 12.5. The zero-order chi connectivity index (χ0) is 15.2. The van der Waals surface area contributed by atoms with Gasteiger partial charge in [0, 0.05) is 5.57 Å². The van der Waals surface area contributed by atoms with Crippen molar-refractivity contribution < 1.29 is 4.79 Å². The van der Waals surface area contributed by atoms with E-state index in [1.54, 1.807) is 0 Å². The standard InChI is InChI=1S/C18H17NO2/c1-13(15-9-5-3-6-10-15)17(18(20)14(2)19-21)16-11-7-4-8-12-16/h3-12,14H,1-2H3/b17-13+. The molecule has 0 aromatic heterocycles. The summed E-state index contributed by atoms with van der Waals surface area (Å²) in [6.45, 7) is 3.42. The van der Waals surface area contributed by atoms with Gasteiger partial charge in [-0.05, 0) is 30.5 Å². The molecule has 0 radical (unpaired) electrons. The van der Waals surface area contributed by atoms with E-state index >= 15 is 0 Å². The van der Waals surface area contributed by atoms with E-state index in [9.17, 15) is 9.70 Å². The van der Waals surface area contributed by atoms with Crippen molar-refractivity contribution >= 4 is 16.9 Å². The highest BCUT2D eigenvalue weighted by Gasteiger charge is 2.22. The number of Topliss-reactive ketones (excluding diaryl/α,β-unsaturated/α-hetero) is 1. The van der Waals surface area contributed by atoms with E-state index in [4.69, 9.17) is 0 Å². The predicted molar refractivity (Wildman–Crippen MR) is 85.6 cm³/mol. The largest absolute Gasteiger partial charge is 0.292 e. The summed E-state index contributed by atoms with van der Waals surface area (Å²) in [7, 11) is 0. The van der Waals surface area contributed by atoms with Gasteiger partial charge < -0.3 is 0 Å². The molecule has 21 heavy (non-hydrogen) atoms. The maximum atomic E-state index is 12.5. The van der Waals surface area contributed by atoms with E-state index in [0.717, 1.165) is 16.7 Å². The Balaban J connectivity index is 2.61. The Bertz CT molecular complexity index is 660. The Morgan fingerprint density at radius 2 is 1.38 bits per heavy atom. The minimum Gasteiger partial charge on any atom is -0.292 e. The van der Waals surface area contributed by atoms with Gasteiger partial charge in [0.25, 0.3) is 0 Å². The topological polar surface area (TPSA) is 46.5 Å². The fourth-order valence-corrected chi connectivity index (χ4v) is 2.24. The van der Waals surface area contributed by atoms with Gasteiger partial charge in [-0.2, -0.15) is 4.91 Å². The summed E-state index contributed by atoms with van der Waals surface area (Å²) in [6.07, 6.45) is 0. The summed E-state index contributed by atoms with van der Waals surface area (Å²) in [6, 6.07) is 18.2. The van der Waals surface area contributed by atoms with Crippen LogP contribution in [0.1, 0.15) is 25.0 Å². The minimum atomic E-state index is -0.890. The Morgan fingerprint density at radius 3 is 1.86 bits per heavy atom. The van der Waals surface area contributed by atoms with Crippen molar-refractivity contribution in [1.29, 1.82) is 0 Å². The van der Waals surface area contributed by atoms with Crippen LogP contribution in [0.4, 0.5) is 0 Å². The lowest BCUT2D eigenvalue weighted by atomic mass is 9.90. The first-order valence-corrected chi connectivity index (χ1v) is 6.83. The third-order valence-corrected chi connectivity index (χ3v) is 3.43. The summed E-state index contributed by atoms with van der Waals surface area (Å²) in [5.74, 6) is -0.252. The van der Waals surface area contributed by atoms with E-state index in [0.29, 0.717) is 5.57 Å². The molecule has 0 saturated heterocycles. The smallest absolute Gasteiger partial charge is 0.191 e. The van der Waals surface area contributed by atoms with Crippen LogP contribution < -0.4 is 0 Å². The van der Waals surface area contributed by atoms with Gasteiger partial charge in [-0.1, -0.05) is 65.8 Å². The number of benzene rings is 2. The van der Waals surface area contributed by atoms with Crippen LogP contribution in [-0.4, -0.2) is 11.8 Å². The summed E-state index contributed by atoms with van der Waals surface area (Å²) < 4.78 is 0. The second kappa shape index (κ2) is 6.75. The zero-order valence-corrected chi connectivity index (χ0v) is 12.1. The van der Waals surface area contributed by atoms with Crippen molar-refractivity contribution in [2.75, 3.05) is 0 Å². The average molecular weight is 279 g/mol. The molecule has 0 aliphatic heterocycles. The number of nitrogens with zero attached hydrogens (tertiary/aromatic N) is 1. The quantitative estimate of drug-likeness (QED) is 0.464. The minimum absolute atomic E-state index is 0.252. The summed E-state index contributed by atoms with van der Waals surface area (Å²) >= 11 is 0. The number of rotatable bonds is 5. The van der Waals surface area contributed by atoms with Gasteiger partial charge in [-0.15, -0.1) is 0 Å². The van der Waals surface area contributed by atoms with Crippen molar-refractivity contribution in [2.24, 2.45) is 5.18 Å². The summed E-state index contributed by atoms with van der Waals surface area (Å²) in [5.41, 5.74) is 3.17. The van der Waals surface area contributed by atoms with Gasteiger partial charge in [0.15, 0.2) is 11.8 Å². The Labute approximate surface area is 124 Å². The second-order valence-corrected chi connectivity index (χ2v) is 4.88. The van der Waals surface area contributed by atoms with Crippen LogP contribution in [0, 0.1) is 4.91 Å². The fourth-order valence-electron chi connectivity index (χ4n) is 2.24. The van der Waals surface area contributed by atoms with Crippen molar-refractivity contribution in [2.45, 2.75) is 19.9 Å². The third kappa shape index (κ3) is 3.31. The lowest BCUT2D eigenvalue weighted by Crippen LogP contribution is -2.16. The number of carbonyl (C=O) groups excluding carboxylic acids is 1. The molecule has 2 aromatic carbocycles. The molecule has 106 valence electrons. The highest BCUT2D eigenvalue weighted by Crippen LogP contribution is 2.28. The van der Waals surface area contributed by atoms with Gasteiger partial charge in [0.05, 0.1) is 0 Å². The lowest BCUT2D eigenvalue weighted by Gasteiger charge is -2.13. The van der Waals surface area contributed by atoms with E-state index in [-0.39, 0.29) is 5.78 Å². The first-order chi connectivity index (χ1) is 10.1. The molecule has 0 heterocycles.